The van der Waals surface area contributed by atoms with E-state index in [0.717, 1.165) is 50.9 Å². The van der Waals surface area contributed by atoms with Crippen molar-refractivity contribution < 1.29 is 9.84 Å². The van der Waals surface area contributed by atoms with Gasteiger partial charge in [-0.15, -0.1) is 11.8 Å². The van der Waals surface area contributed by atoms with Crippen LogP contribution in [0.1, 0.15) is 63.3 Å². The number of rotatable bonds is 17. The van der Waals surface area contributed by atoms with Crippen LogP contribution in [0.4, 0.5) is 0 Å². The van der Waals surface area contributed by atoms with Crippen molar-refractivity contribution in [1.29, 1.82) is 0 Å². The van der Waals surface area contributed by atoms with Crippen LogP contribution >= 0.6 is 11.8 Å². The Bertz CT molecular complexity index is 691. The highest BCUT2D eigenvalue weighted by atomic mass is 32.2. The first-order valence-corrected chi connectivity index (χ1v) is 12.4. The summed E-state index contributed by atoms with van der Waals surface area (Å²) in [6.45, 7) is 5.39. The number of allylic oxidation sites excluding steroid dienone is 6. The molecule has 0 aliphatic carbocycles. The molecule has 0 amide bonds. The van der Waals surface area contributed by atoms with Crippen LogP contribution in [0, 0.1) is 5.92 Å². The smallest absolute Gasteiger partial charge is 0.0470 e. The molecule has 5 heteroatoms. The molecule has 2 atom stereocenters. The van der Waals surface area contributed by atoms with Crippen LogP contribution in [0.15, 0.2) is 59.7 Å². The number of aromatic amines is 1. The van der Waals surface area contributed by atoms with E-state index in [9.17, 15) is 5.11 Å². The minimum Gasteiger partial charge on any atom is -0.405 e. The molecule has 1 rings (SSSR count). The molecular weight excluding hydrogens is 404 g/mol. The summed E-state index contributed by atoms with van der Waals surface area (Å²) in [5.41, 5.74) is 7.88. The second kappa shape index (κ2) is 17.9. The van der Waals surface area contributed by atoms with Gasteiger partial charge in [-0.1, -0.05) is 43.7 Å². The summed E-state index contributed by atoms with van der Waals surface area (Å²) in [6, 6.07) is 4.40. The van der Waals surface area contributed by atoms with Crippen molar-refractivity contribution in [2.45, 2.75) is 58.3 Å². The van der Waals surface area contributed by atoms with Crippen molar-refractivity contribution in [2.75, 3.05) is 26.1 Å². The molecular formula is C26H42N2O2S. The lowest BCUT2D eigenvalue weighted by molar-refractivity contribution is 0.200. The van der Waals surface area contributed by atoms with Gasteiger partial charge in [-0.25, -0.2) is 0 Å². The van der Waals surface area contributed by atoms with Crippen molar-refractivity contribution in [3.05, 3.63) is 71.1 Å². The number of aliphatic hydroxyl groups is 1. The number of H-pyrrole nitrogens is 1. The predicted molar refractivity (Wildman–Crippen MR) is 136 cm³/mol. The first-order chi connectivity index (χ1) is 15.2. The largest absolute Gasteiger partial charge is 0.405 e. The molecule has 0 bridgehead atoms. The maximum atomic E-state index is 9.43. The lowest BCUT2D eigenvalue weighted by Crippen LogP contribution is -2.09. The van der Waals surface area contributed by atoms with Crippen molar-refractivity contribution >= 4 is 11.8 Å². The molecule has 1 aromatic rings. The van der Waals surface area contributed by atoms with Gasteiger partial charge in [-0.05, 0) is 62.9 Å². The van der Waals surface area contributed by atoms with Crippen LogP contribution in [0.25, 0.3) is 0 Å². The summed E-state index contributed by atoms with van der Waals surface area (Å²) in [7, 11) is 1.75. The van der Waals surface area contributed by atoms with Gasteiger partial charge in [0.1, 0.15) is 0 Å². The normalized spacial score (nSPS) is 14.9. The number of thioether (sulfide) groups is 1. The SMILES string of the molecule is C/C=C(\C=C/CC(CC(CC)CCO)c1ccc(C/C=C\C=C/N)[nH]1)SCCCOC. The van der Waals surface area contributed by atoms with Gasteiger partial charge in [0.15, 0.2) is 0 Å². The van der Waals surface area contributed by atoms with E-state index in [-0.39, 0.29) is 6.61 Å². The fraction of sp³-hybridized carbons (Fsp3) is 0.538. The number of nitrogens with two attached hydrogens (primary N) is 1. The van der Waals surface area contributed by atoms with Crippen LogP contribution in [0.5, 0.6) is 0 Å². The lowest BCUT2D eigenvalue weighted by Gasteiger charge is -2.21. The molecule has 174 valence electrons. The van der Waals surface area contributed by atoms with Gasteiger partial charge in [-0.3, -0.25) is 0 Å². The molecule has 0 fully saturated rings. The molecule has 0 radical (unpaired) electrons. The van der Waals surface area contributed by atoms with Gasteiger partial charge in [0.2, 0.25) is 0 Å². The van der Waals surface area contributed by atoms with Gasteiger partial charge in [0.25, 0.3) is 0 Å². The van der Waals surface area contributed by atoms with Crippen molar-refractivity contribution in [3.8, 4) is 0 Å². The van der Waals surface area contributed by atoms with Crippen LogP contribution < -0.4 is 5.73 Å². The van der Waals surface area contributed by atoms with Gasteiger partial charge >= 0.3 is 0 Å². The average Bonchev–Trinajstić information content (AvgIpc) is 3.25. The number of aliphatic hydroxyl groups excluding tert-OH is 1. The average molecular weight is 447 g/mol. The Hall–Kier alpha value is -1.69. The quantitative estimate of drug-likeness (QED) is 0.200. The predicted octanol–water partition coefficient (Wildman–Crippen LogP) is 6.09. The zero-order valence-electron chi connectivity index (χ0n) is 19.6. The second-order valence-electron chi connectivity index (χ2n) is 7.70. The number of hydrogen-bond donors (Lipinski definition) is 3. The fourth-order valence-corrected chi connectivity index (χ4v) is 4.40. The topological polar surface area (TPSA) is 71.3 Å². The van der Waals surface area contributed by atoms with E-state index >= 15 is 0 Å². The molecule has 31 heavy (non-hydrogen) atoms. The molecule has 1 aromatic heterocycles. The molecule has 2 unspecified atom stereocenters. The molecule has 4 N–H and O–H groups in total. The monoisotopic (exact) mass is 446 g/mol. The third kappa shape index (κ3) is 12.1. The summed E-state index contributed by atoms with van der Waals surface area (Å²) in [5, 5.41) is 9.43. The number of ether oxygens (including phenoxy) is 1. The third-order valence-corrected chi connectivity index (χ3v) is 6.58. The zero-order valence-corrected chi connectivity index (χ0v) is 20.4. The Kier molecular flexibility index (Phi) is 15.8. The van der Waals surface area contributed by atoms with Gasteiger partial charge in [0, 0.05) is 54.7 Å². The molecule has 0 saturated heterocycles. The number of methoxy groups -OCH3 is 1. The summed E-state index contributed by atoms with van der Waals surface area (Å²) >= 11 is 1.88. The Morgan fingerprint density at radius 3 is 2.81 bits per heavy atom. The van der Waals surface area contributed by atoms with E-state index in [1.165, 1.54) is 16.3 Å². The van der Waals surface area contributed by atoms with Crippen LogP contribution in [-0.4, -0.2) is 36.2 Å². The summed E-state index contributed by atoms with van der Waals surface area (Å²) in [6.07, 6.45) is 20.2. The maximum absolute atomic E-state index is 9.43. The van der Waals surface area contributed by atoms with Crippen molar-refractivity contribution in [2.24, 2.45) is 11.7 Å². The van der Waals surface area contributed by atoms with E-state index in [2.05, 4.69) is 55.3 Å². The highest BCUT2D eigenvalue weighted by Crippen LogP contribution is 2.31. The Labute approximate surface area is 193 Å². The molecule has 0 aliphatic rings. The molecule has 0 aliphatic heterocycles. The standard InChI is InChI=1S/C26H42N2O2S/c1-4-22(16-18-29)21-23(11-9-13-25(5-2)31-20-10-19-30-3)26-15-14-24(28-26)12-7-6-8-17-27/h5-9,13-15,17,22-23,28-29H,4,10-12,16,18-21,27H2,1-3H3/b7-6-,13-9-,17-8-,25-5+. The van der Waals surface area contributed by atoms with Gasteiger partial charge in [-0.2, -0.15) is 0 Å². The second-order valence-corrected chi connectivity index (χ2v) is 8.87. The first kappa shape index (κ1) is 27.3. The highest BCUT2D eigenvalue weighted by molar-refractivity contribution is 8.03. The lowest BCUT2D eigenvalue weighted by atomic mass is 9.86. The summed E-state index contributed by atoms with van der Waals surface area (Å²) < 4.78 is 5.14. The van der Waals surface area contributed by atoms with Crippen LogP contribution in [0.3, 0.4) is 0 Å². The minimum atomic E-state index is 0.261. The van der Waals surface area contributed by atoms with Crippen molar-refractivity contribution in [3.63, 3.8) is 0 Å². The molecule has 0 saturated carbocycles. The fourth-order valence-electron chi connectivity index (χ4n) is 3.55. The van der Waals surface area contributed by atoms with E-state index < -0.39 is 0 Å². The van der Waals surface area contributed by atoms with Gasteiger partial charge < -0.3 is 20.6 Å². The molecule has 0 aromatic carbocycles. The summed E-state index contributed by atoms with van der Waals surface area (Å²) in [4.78, 5) is 4.93. The number of aromatic nitrogens is 1. The van der Waals surface area contributed by atoms with E-state index in [1.807, 2.05) is 23.9 Å². The maximum Gasteiger partial charge on any atom is 0.0470 e. The van der Waals surface area contributed by atoms with Crippen molar-refractivity contribution in [1.82, 2.24) is 4.98 Å². The Morgan fingerprint density at radius 1 is 1.29 bits per heavy atom. The Morgan fingerprint density at radius 2 is 2.13 bits per heavy atom. The molecule has 1 heterocycles. The molecule has 0 spiro atoms. The van der Waals surface area contributed by atoms with E-state index in [4.69, 9.17) is 10.5 Å². The highest BCUT2D eigenvalue weighted by Gasteiger charge is 2.17. The number of nitrogens with one attached hydrogen (secondary N) is 1. The summed E-state index contributed by atoms with van der Waals surface area (Å²) in [5.74, 6) is 2.03. The van der Waals surface area contributed by atoms with E-state index in [1.54, 1.807) is 13.3 Å². The van der Waals surface area contributed by atoms with Gasteiger partial charge in [0.05, 0.1) is 0 Å². The minimum absolute atomic E-state index is 0.261. The Balaban J connectivity index is 2.81. The zero-order chi connectivity index (χ0) is 22.7. The first-order valence-electron chi connectivity index (χ1n) is 11.4. The van der Waals surface area contributed by atoms with E-state index in [0.29, 0.717) is 11.8 Å². The van der Waals surface area contributed by atoms with Crippen LogP contribution in [0.2, 0.25) is 0 Å². The molecule has 4 nitrogen and oxygen atoms in total. The number of hydrogen-bond acceptors (Lipinski definition) is 4. The third-order valence-electron chi connectivity index (χ3n) is 5.39. The van der Waals surface area contributed by atoms with Crippen LogP contribution in [-0.2, 0) is 11.2 Å².